The van der Waals surface area contributed by atoms with E-state index in [0.29, 0.717) is 12.5 Å². The third kappa shape index (κ3) is 3.11. The van der Waals surface area contributed by atoms with E-state index in [9.17, 15) is 0 Å². The number of hydrogen-bond acceptors (Lipinski definition) is 3. The minimum Gasteiger partial charge on any atom is -0.294 e. The van der Waals surface area contributed by atoms with Gasteiger partial charge >= 0.3 is 0 Å². The zero-order chi connectivity index (χ0) is 13.0. The van der Waals surface area contributed by atoms with Gasteiger partial charge in [0.2, 0.25) is 0 Å². The Kier molecular flexibility index (Phi) is 4.38. The molecule has 0 unspecified atom stereocenters. The molecule has 1 fully saturated rings. The Balaban J connectivity index is 2.05. The Labute approximate surface area is 109 Å². The first-order chi connectivity index (χ1) is 8.78. The summed E-state index contributed by atoms with van der Waals surface area (Å²) in [6.07, 6.45) is 4.18. The molecule has 0 aliphatic heterocycles. The van der Waals surface area contributed by atoms with E-state index < -0.39 is 0 Å². The van der Waals surface area contributed by atoms with E-state index in [-0.39, 0.29) is 0 Å². The van der Waals surface area contributed by atoms with Crippen LogP contribution in [0.2, 0.25) is 0 Å². The van der Waals surface area contributed by atoms with Crippen LogP contribution in [0.1, 0.15) is 44.5 Å². The number of nitrogens with zero attached hydrogens (tertiary/aromatic N) is 4. The van der Waals surface area contributed by atoms with Gasteiger partial charge in [-0.25, -0.2) is 0 Å². The Bertz CT molecular complexity index is 425. The van der Waals surface area contributed by atoms with Gasteiger partial charge in [0.15, 0.2) is 0 Å². The largest absolute Gasteiger partial charge is 0.294 e. The van der Waals surface area contributed by atoms with Crippen molar-refractivity contribution in [3.05, 3.63) is 17.5 Å². The maximum Gasteiger partial charge on any atom is 0.0635 e. The van der Waals surface area contributed by atoms with E-state index in [1.54, 1.807) is 0 Å². The molecular weight excluding hydrogens is 224 g/mol. The summed E-state index contributed by atoms with van der Waals surface area (Å²) in [7, 11) is 0. The molecule has 4 heteroatoms. The average Bonchev–Trinajstić information content (AvgIpc) is 3.15. The smallest absolute Gasteiger partial charge is 0.0635 e. The molecule has 1 aromatic heterocycles. The molecule has 4 nitrogen and oxygen atoms in total. The first-order valence-corrected chi connectivity index (χ1v) is 6.95. The van der Waals surface area contributed by atoms with Crippen LogP contribution in [0, 0.1) is 11.3 Å². The van der Waals surface area contributed by atoms with Gasteiger partial charge in [-0.2, -0.15) is 10.4 Å². The number of aromatic nitrogens is 2. The molecule has 1 saturated carbocycles. The van der Waals surface area contributed by atoms with Crippen LogP contribution in [0.4, 0.5) is 0 Å². The molecule has 1 aliphatic carbocycles. The van der Waals surface area contributed by atoms with Gasteiger partial charge in [-0.05, 0) is 32.3 Å². The number of aryl methyl sites for hydroxylation is 2. The molecule has 0 bridgehead atoms. The van der Waals surface area contributed by atoms with Gasteiger partial charge in [0.05, 0.1) is 17.5 Å². The van der Waals surface area contributed by atoms with Gasteiger partial charge in [-0.15, -0.1) is 0 Å². The van der Waals surface area contributed by atoms with Gasteiger partial charge in [-0.1, -0.05) is 6.92 Å². The zero-order valence-corrected chi connectivity index (χ0v) is 11.4. The fraction of sp³-hybridized carbons (Fsp3) is 0.714. The SMILES string of the molecule is CCc1cc(CN(CCC#N)C2CC2)n(CC)n1. The summed E-state index contributed by atoms with van der Waals surface area (Å²) in [4.78, 5) is 2.44. The van der Waals surface area contributed by atoms with E-state index in [0.717, 1.165) is 26.1 Å². The predicted octanol–water partition coefficient (Wildman–Crippen LogP) is 2.34. The van der Waals surface area contributed by atoms with Crippen molar-refractivity contribution < 1.29 is 0 Å². The maximum absolute atomic E-state index is 8.73. The van der Waals surface area contributed by atoms with Crippen LogP contribution >= 0.6 is 0 Å². The van der Waals surface area contributed by atoms with Crippen LogP contribution in [0.3, 0.4) is 0 Å². The minimum absolute atomic E-state index is 0.622. The standard InChI is InChI=1S/C14H22N4/c1-3-12-10-14(18(4-2)16-12)11-17(9-5-8-15)13-6-7-13/h10,13H,3-7,9,11H2,1-2H3. The van der Waals surface area contributed by atoms with Crippen molar-refractivity contribution in [3.63, 3.8) is 0 Å². The Morgan fingerprint density at radius 2 is 2.28 bits per heavy atom. The van der Waals surface area contributed by atoms with Crippen LogP contribution in [0.25, 0.3) is 0 Å². The highest BCUT2D eigenvalue weighted by Crippen LogP contribution is 2.28. The monoisotopic (exact) mass is 246 g/mol. The lowest BCUT2D eigenvalue weighted by Crippen LogP contribution is -2.27. The molecule has 0 radical (unpaired) electrons. The summed E-state index contributed by atoms with van der Waals surface area (Å²) >= 11 is 0. The number of nitriles is 1. The number of rotatable bonds is 7. The van der Waals surface area contributed by atoms with E-state index in [4.69, 9.17) is 5.26 Å². The van der Waals surface area contributed by atoms with E-state index in [2.05, 4.69) is 40.7 Å². The zero-order valence-electron chi connectivity index (χ0n) is 11.4. The van der Waals surface area contributed by atoms with Crippen molar-refractivity contribution in [2.45, 2.75) is 58.7 Å². The normalized spacial score (nSPS) is 15.0. The van der Waals surface area contributed by atoms with Crippen molar-refractivity contribution in [1.29, 1.82) is 5.26 Å². The molecule has 98 valence electrons. The van der Waals surface area contributed by atoms with Gasteiger partial charge in [0.25, 0.3) is 0 Å². The summed E-state index contributed by atoms with van der Waals surface area (Å²) in [5.41, 5.74) is 2.46. The van der Waals surface area contributed by atoms with Gasteiger partial charge in [-0.3, -0.25) is 9.58 Å². The topological polar surface area (TPSA) is 44.9 Å². The molecule has 0 amide bonds. The summed E-state index contributed by atoms with van der Waals surface area (Å²) in [6, 6.07) is 5.16. The van der Waals surface area contributed by atoms with Crippen molar-refractivity contribution >= 4 is 0 Å². The molecule has 1 aliphatic rings. The molecule has 1 aromatic rings. The molecule has 0 atom stereocenters. The van der Waals surface area contributed by atoms with E-state index in [1.165, 1.54) is 24.2 Å². The van der Waals surface area contributed by atoms with E-state index >= 15 is 0 Å². The van der Waals surface area contributed by atoms with Crippen LogP contribution < -0.4 is 0 Å². The van der Waals surface area contributed by atoms with Crippen molar-refractivity contribution in [3.8, 4) is 6.07 Å². The van der Waals surface area contributed by atoms with Crippen LogP contribution in [0.15, 0.2) is 6.07 Å². The van der Waals surface area contributed by atoms with Crippen LogP contribution in [-0.2, 0) is 19.5 Å². The van der Waals surface area contributed by atoms with Gasteiger partial charge in [0.1, 0.15) is 0 Å². The second-order valence-corrected chi connectivity index (χ2v) is 4.91. The Morgan fingerprint density at radius 1 is 1.50 bits per heavy atom. The molecule has 0 spiro atoms. The fourth-order valence-electron chi connectivity index (χ4n) is 2.32. The lowest BCUT2D eigenvalue weighted by Gasteiger charge is -2.20. The summed E-state index contributed by atoms with van der Waals surface area (Å²) < 4.78 is 2.10. The van der Waals surface area contributed by atoms with E-state index in [1.807, 2.05) is 0 Å². The van der Waals surface area contributed by atoms with Crippen molar-refractivity contribution in [2.75, 3.05) is 6.54 Å². The highest BCUT2D eigenvalue weighted by molar-refractivity contribution is 5.11. The third-order valence-corrected chi connectivity index (χ3v) is 3.51. The average molecular weight is 246 g/mol. The highest BCUT2D eigenvalue weighted by Gasteiger charge is 2.29. The predicted molar refractivity (Wildman–Crippen MR) is 70.9 cm³/mol. The molecule has 1 heterocycles. The molecule has 18 heavy (non-hydrogen) atoms. The Hall–Kier alpha value is -1.34. The third-order valence-electron chi connectivity index (χ3n) is 3.51. The number of hydrogen-bond donors (Lipinski definition) is 0. The van der Waals surface area contributed by atoms with Gasteiger partial charge in [0, 0.05) is 32.1 Å². The quantitative estimate of drug-likeness (QED) is 0.742. The van der Waals surface area contributed by atoms with Crippen molar-refractivity contribution in [2.24, 2.45) is 0 Å². The van der Waals surface area contributed by atoms with Crippen molar-refractivity contribution in [1.82, 2.24) is 14.7 Å². The fourth-order valence-corrected chi connectivity index (χ4v) is 2.32. The van der Waals surface area contributed by atoms with Gasteiger partial charge < -0.3 is 0 Å². The van der Waals surface area contributed by atoms with Crippen LogP contribution in [0.5, 0.6) is 0 Å². The summed E-state index contributed by atoms with van der Waals surface area (Å²) in [5.74, 6) is 0. The summed E-state index contributed by atoms with van der Waals surface area (Å²) in [5, 5.41) is 13.3. The maximum atomic E-state index is 8.73. The first kappa shape index (κ1) is 13.1. The minimum atomic E-state index is 0.622. The lowest BCUT2D eigenvalue weighted by molar-refractivity contribution is 0.252. The molecule has 0 aromatic carbocycles. The van der Waals surface area contributed by atoms with Crippen LogP contribution in [-0.4, -0.2) is 27.3 Å². The second kappa shape index (κ2) is 6.01. The lowest BCUT2D eigenvalue weighted by atomic mass is 10.2. The molecule has 0 N–H and O–H groups in total. The first-order valence-electron chi connectivity index (χ1n) is 6.95. The Morgan fingerprint density at radius 3 is 2.83 bits per heavy atom. The molecule has 2 rings (SSSR count). The summed E-state index contributed by atoms with van der Waals surface area (Å²) in [6.45, 7) is 7.02. The molecule has 0 saturated heterocycles. The highest BCUT2D eigenvalue weighted by atomic mass is 15.3. The molecular formula is C14H22N4. The second-order valence-electron chi connectivity index (χ2n) is 4.91.